The zero-order valence-corrected chi connectivity index (χ0v) is 10.6. The molecule has 0 spiro atoms. The molecule has 0 radical (unpaired) electrons. The molecule has 0 aliphatic carbocycles. The van der Waals surface area contributed by atoms with Gasteiger partial charge in [0.15, 0.2) is 0 Å². The van der Waals surface area contributed by atoms with Gasteiger partial charge in [-0.15, -0.1) is 0 Å². The Balaban J connectivity index is 1.92. The number of aliphatic hydroxyl groups is 1. The predicted molar refractivity (Wildman–Crippen MR) is 73.8 cm³/mol. The minimum atomic E-state index is -2.49. The van der Waals surface area contributed by atoms with Crippen molar-refractivity contribution in [2.45, 2.75) is 12.5 Å². The van der Waals surface area contributed by atoms with Gasteiger partial charge in [-0.1, -0.05) is 30.3 Å². The highest BCUT2D eigenvalue weighted by atomic mass is 19.3. The Morgan fingerprint density at radius 3 is 2.20 bits per heavy atom. The molecule has 1 aromatic heterocycles. The maximum atomic E-state index is 12.5. The van der Waals surface area contributed by atoms with Crippen LogP contribution in [-0.2, 0) is 0 Å². The molecule has 20 heavy (non-hydrogen) atoms. The van der Waals surface area contributed by atoms with Crippen molar-refractivity contribution < 1.29 is 13.9 Å². The third-order valence-electron chi connectivity index (χ3n) is 3.40. The highest BCUT2D eigenvalue weighted by molar-refractivity contribution is 5.80. The first-order valence-corrected chi connectivity index (χ1v) is 6.28. The van der Waals surface area contributed by atoms with E-state index in [0.29, 0.717) is 5.56 Å². The number of hydrogen-bond donors (Lipinski definition) is 2. The van der Waals surface area contributed by atoms with E-state index in [-0.39, 0.29) is 5.56 Å². The quantitative estimate of drug-likeness (QED) is 0.737. The average molecular weight is 273 g/mol. The molecule has 2 N–H and O–H groups in total. The lowest BCUT2D eigenvalue weighted by Crippen LogP contribution is -1.99. The fraction of sp³-hybridized carbons (Fsp3) is 0.125. The second-order valence-corrected chi connectivity index (χ2v) is 4.69. The van der Waals surface area contributed by atoms with E-state index in [2.05, 4.69) is 4.98 Å². The number of H-pyrrole nitrogens is 1. The smallest absolute Gasteiger partial charge is 0.263 e. The maximum absolute atomic E-state index is 12.5. The number of benzene rings is 2. The third kappa shape index (κ3) is 2.30. The Bertz CT molecular complexity index is 719. The minimum Gasteiger partial charge on any atom is -0.384 e. The van der Waals surface area contributed by atoms with E-state index < -0.39 is 12.5 Å². The lowest BCUT2D eigenvalue weighted by molar-refractivity contribution is 0.151. The van der Waals surface area contributed by atoms with Crippen molar-refractivity contribution in [3.8, 4) is 0 Å². The van der Waals surface area contributed by atoms with Gasteiger partial charge in [-0.2, -0.15) is 0 Å². The Morgan fingerprint density at radius 2 is 1.50 bits per heavy atom. The van der Waals surface area contributed by atoms with Crippen molar-refractivity contribution in [2.75, 3.05) is 0 Å². The second-order valence-electron chi connectivity index (χ2n) is 4.69. The van der Waals surface area contributed by atoms with E-state index in [4.69, 9.17) is 0 Å². The third-order valence-corrected chi connectivity index (χ3v) is 3.40. The number of rotatable bonds is 3. The summed E-state index contributed by atoms with van der Waals surface area (Å²) in [6, 6.07) is 13.3. The van der Waals surface area contributed by atoms with Crippen LogP contribution >= 0.6 is 0 Å². The van der Waals surface area contributed by atoms with E-state index in [9.17, 15) is 13.9 Å². The molecule has 2 aromatic carbocycles. The summed E-state index contributed by atoms with van der Waals surface area (Å²) < 4.78 is 25.0. The molecule has 102 valence electrons. The average Bonchev–Trinajstić information content (AvgIpc) is 2.94. The molecule has 0 fully saturated rings. The summed E-state index contributed by atoms with van der Waals surface area (Å²) in [7, 11) is 0. The van der Waals surface area contributed by atoms with E-state index in [1.807, 2.05) is 30.5 Å². The number of fused-ring (bicyclic) bond motifs is 1. The molecule has 0 aliphatic rings. The number of halogens is 2. The summed E-state index contributed by atoms with van der Waals surface area (Å²) in [6.07, 6.45) is -1.48. The van der Waals surface area contributed by atoms with Gasteiger partial charge in [0.1, 0.15) is 6.10 Å². The second kappa shape index (κ2) is 5.06. The number of aromatic amines is 1. The Hall–Kier alpha value is -2.20. The fourth-order valence-corrected chi connectivity index (χ4v) is 2.26. The predicted octanol–water partition coefficient (Wildman–Crippen LogP) is 4.19. The van der Waals surface area contributed by atoms with E-state index in [1.165, 1.54) is 24.3 Å². The minimum absolute atomic E-state index is 0.0398. The molecule has 0 bridgehead atoms. The van der Waals surface area contributed by atoms with Gasteiger partial charge in [0.05, 0.1) is 0 Å². The van der Waals surface area contributed by atoms with Crippen LogP contribution in [0.15, 0.2) is 54.7 Å². The lowest BCUT2D eigenvalue weighted by atomic mass is 9.99. The van der Waals surface area contributed by atoms with Crippen LogP contribution < -0.4 is 0 Å². The zero-order chi connectivity index (χ0) is 14.1. The Labute approximate surface area is 114 Å². The fourth-order valence-electron chi connectivity index (χ4n) is 2.26. The van der Waals surface area contributed by atoms with Gasteiger partial charge in [-0.25, -0.2) is 8.78 Å². The van der Waals surface area contributed by atoms with Crippen molar-refractivity contribution in [3.05, 3.63) is 71.4 Å². The van der Waals surface area contributed by atoms with E-state index in [1.54, 1.807) is 0 Å². The molecule has 2 nitrogen and oxygen atoms in total. The first-order valence-electron chi connectivity index (χ1n) is 6.28. The molecule has 3 rings (SSSR count). The van der Waals surface area contributed by atoms with Crippen LogP contribution in [-0.4, -0.2) is 10.1 Å². The van der Waals surface area contributed by atoms with Gasteiger partial charge >= 0.3 is 0 Å². The molecule has 3 aromatic rings. The van der Waals surface area contributed by atoms with Crippen molar-refractivity contribution in [1.29, 1.82) is 0 Å². The van der Waals surface area contributed by atoms with Gasteiger partial charge in [0, 0.05) is 17.3 Å². The van der Waals surface area contributed by atoms with E-state index >= 15 is 0 Å². The Morgan fingerprint density at radius 1 is 0.850 bits per heavy atom. The Kier molecular flexibility index (Phi) is 3.24. The zero-order valence-electron chi connectivity index (χ0n) is 10.6. The number of nitrogens with one attached hydrogen (secondary N) is 1. The van der Waals surface area contributed by atoms with Crippen LogP contribution in [0.3, 0.4) is 0 Å². The maximum Gasteiger partial charge on any atom is 0.263 e. The molecule has 0 amide bonds. The molecular weight excluding hydrogens is 260 g/mol. The molecule has 1 atom stereocenters. The highest BCUT2D eigenvalue weighted by Crippen LogP contribution is 2.27. The van der Waals surface area contributed by atoms with Gasteiger partial charge in [0.2, 0.25) is 0 Å². The summed E-state index contributed by atoms with van der Waals surface area (Å²) in [5.74, 6) is 0. The van der Waals surface area contributed by atoms with Crippen molar-refractivity contribution in [2.24, 2.45) is 0 Å². The van der Waals surface area contributed by atoms with Crippen molar-refractivity contribution in [1.82, 2.24) is 4.98 Å². The summed E-state index contributed by atoms with van der Waals surface area (Å²) in [5, 5.41) is 11.3. The SMILES string of the molecule is OC(c1ccc(C(F)F)cc1)c1ccc2[nH]ccc2c1. The van der Waals surface area contributed by atoms with Crippen molar-refractivity contribution in [3.63, 3.8) is 0 Å². The summed E-state index contributed by atoms with van der Waals surface area (Å²) in [5.41, 5.74) is 2.29. The van der Waals surface area contributed by atoms with E-state index in [0.717, 1.165) is 16.5 Å². The summed E-state index contributed by atoms with van der Waals surface area (Å²) >= 11 is 0. The van der Waals surface area contributed by atoms with Crippen molar-refractivity contribution >= 4 is 10.9 Å². The highest BCUT2D eigenvalue weighted by Gasteiger charge is 2.13. The van der Waals surface area contributed by atoms with Crippen LogP contribution in [0.25, 0.3) is 10.9 Å². The van der Waals surface area contributed by atoms with Gasteiger partial charge in [-0.05, 0) is 34.7 Å². The first kappa shape index (κ1) is 12.8. The number of alkyl halides is 2. The first-order chi connectivity index (χ1) is 9.65. The summed E-state index contributed by atoms with van der Waals surface area (Å²) in [6.45, 7) is 0. The molecule has 0 saturated heterocycles. The monoisotopic (exact) mass is 273 g/mol. The van der Waals surface area contributed by atoms with Crippen LogP contribution in [0.4, 0.5) is 8.78 Å². The van der Waals surface area contributed by atoms with Crippen LogP contribution in [0, 0.1) is 0 Å². The molecule has 0 aliphatic heterocycles. The number of aliphatic hydroxyl groups excluding tert-OH is 1. The molecule has 0 saturated carbocycles. The number of hydrogen-bond acceptors (Lipinski definition) is 1. The van der Waals surface area contributed by atoms with Gasteiger partial charge < -0.3 is 10.1 Å². The van der Waals surface area contributed by atoms with Crippen LogP contribution in [0.1, 0.15) is 29.2 Å². The van der Waals surface area contributed by atoms with Gasteiger partial charge in [-0.3, -0.25) is 0 Å². The molecule has 4 heteroatoms. The number of aromatic nitrogens is 1. The largest absolute Gasteiger partial charge is 0.384 e. The standard InChI is InChI=1S/C16H13F2NO/c17-16(18)11-3-1-10(2-4-11)15(20)13-5-6-14-12(9-13)7-8-19-14/h1-9,15-16,19-20H. The normalized spacial score (nSPS) is 13.0. The summed E-state index contributed by atoms with van der Waals surface area (Å²) in [4.78, 5) is 3.08. The topological polar surface area (TPSA) is 36.0 Å². The van der Waals surface area contributed by atoms with Gasteiger partial charge in [0.25, 0.3) is 6.43 Å². The molecular formula is C16H13F2NO. The lowest BCUT2D eigenvalue weighted by Gasteiger charge is -2.12. The molecule has 1 heterocycles. The van der Waals surface area contributed by atoms with Crippen LogP contribution in [0.5, 0.6) is 0 Å². The van der Waals surface area contributed by atoms with Crippen LogP contribution in [0.2, 0.25) is 0 Å². The molecule has 1 unspecified atom stereocenters.